The van der Waals surface area contributed by atoms with E-state index in [0.717, 1.165) is 50.0 Å². The molecule has 0 N–H and O–H groups in total. The first kappa shape index (κ1) is 14.1. The first-order valence-electron chi connectivity index (χ1n) is 6.76. The fraction of sp³-hybridized carbons (Fsp3) is 0.533. The molecule has 0 spiro atoms. The van der Waals surface area contributed by atoms with E-state index in [1.807, 2.05) is 0 Å². The predicted octanol–water partition coefficient (Wildman–Crippen LogP) is 3.27. The van der Waals surface area contributed by atoms with Gasteiger partial charge in [-0.1, -0.05) is 6.92 Å². The normalized spacial score (nSPS) is 17.6. The minimum Gasteiger partial charge on any atom is -0.303 e. The number of carbonyl (C=O) groups is 1. The Bertz CT molecular complexity index is 433. The molecule has 0 bridgehead atoms. The van der Waals surface area contributed by atoms with Crippen LogP contribution in [0.15, 0.2) is 18.2 Å². The summed E-state index contributed by atoms with van der Waals surface area (Å²) in [7, 11) is 0. The third kappa shape index (κ3) is 4.10. The maximum Gasteiger partial charge on any atom is 0.164 e. The van der Waals surface area contributed by atoms with Crippen molar-refractivity contribution in [3.8, 4) is 0 Å². The molecule has 1 heterocycles. The topological polar surface area (TPSA) is 20.3 Å². The standard InChI is InChI=1S/C15H19F2NO/c1-11-2-5-18(6-3-11)7-4-15(19)12-8-13(16)10-14(17)9-12/h8-11H,2-7H2,1H3. The highest BCUT2D eigenvalue weighted by molar-refractivity contribution is 5.96. The largest absolute Gasteiger partial charge is 0.303 e. The maximum atomic E-state index is 13.0. The van der Waals surface area contributed by atoms with E-state index in [9.17, 15) is 13.6 Å². The Hall–Kier alpha value is -1.29. The highest BCUT2D eigenvalue weighted by atomic mass is 19.1. The summed E-state index contributed by atoms with van der Waals surface area (Å²) in [4.78, 5) is 14.1. The van der Waals surface area contributed by atoms with Crippen LogP contribution in [0.25, 0.3) is 0 Å². The van der Waals surface area contributed by atoms with Crippen molar-refractivity contribution in [2.24, 2.45) is 5.92 Å². The molecule has 1 saturated heterocycles. The van der Waals surface area contributed by atoms with Crippen LogP contribution in [0.4, 0.5) is 8.78 Å². The van der Waals surface area contributed by atoms with E-state index in [-0.39, 0.29) is 11.3 Å². The Kier molecular flexibility index (Phi) is 4.64. The number of hydrogen-bond donors (Lipinski definition) is 0. The summed E-state index contributed by atoms with van der Waals surface area (Å²) in [6, 6.07) is 2.98. The average Bonchev–Trinajstić information content (AvgIpc) is 2.36. The molecule has 0 aromatic heterocycles. The van der Waals surface area contributed by atoms with E-state index in [1.165, 1.54) is 0 Å². The molecule has 0 aliphatic carbocycles. The molecule has 4 heteroatoms. The Labute approximate surface area is 112 Å². The maximum absolute atomic E-state index is 13.0. The molecule has 0 radical (unpaired) electrons. The summed E-state index contributed by atoms with van der Waals surface area (Å²) in [5.74, 6) is -0.841. The number of piperidine rings is 1. The van der Waals surface area contributed by atoms with Gasteiger partial charge in [0, 0.05) is 24.6 Å². The zero-order valence-electron chi connectivity index (χ0n) is 11.2. The van der Waals surface area contributed by atoms with Crippen LogP contribution in [-0.2, 0) is 0 Å². The molecule has 2 rings (SSSR count). The molecule has 19 heavy (non-hydrogen) atoms. The van der Waals surface area contributed by atoms with Gasteiger partial charge >= 0.3 is 0 Å². The molecular weight excluding hydrogens is 248 g/mol. The number of nitrogens with zero attached hydrogens (tertiary/aromatic N) is 1. The molecule has 104 valence electrons. The Morgan fingerprint density at radius 1 is 1.21 bits per heavy atom. The first-order valence-corrected chi connectivity index (χ1v) is 6.76. The molecule has 1 aliphatic rings. The number of likely N-dealkylation sites (tertiary alicyclic amines) is 1. The first-order chi connectivity index (χ1) is 9.04. The van der Waals surface area contributed by atoms with E-state index < -0.39 is 11.6 Å². The SMILES string of the molecule is CC1CCN(CCC(=O)c2cc(F)cc(F)c2)CC1. The Morgan fingerprint density at radius 2 is 1.79 bits per heavy atom. The van der Waals surface area contributed by atoms with Crippen molar-refractivity contribution in [3.63, 3.8) is 0 Å². The minimum absolute atomic E-state index is 0.128. The number of benzene rings is 1. The average molecular weight is 267 g/mol. The lowest BCUT2D eigenvalue weighted by Crippen LogP contribution is -2.34. The van der Waals surface area contributed by atoms with E-state index in [2.05, 4.69) is 11.8 Å². The molecule has 1 aromatic rings. The summed E-state index contributed by atoms with van der Waals surface area (Å²) in [5, 5.41) is 0. The fourth-order valence-electron chi connectivity index (χ4n) is 2.40. The van der Waals surface area contributed by atoms with Gasteiger partial charge < -0.3 is 4.90 Å². The van der Waals surface area contributed by atoms with Gasteiger partial charge in [0.15, 0.2) is 5.78 Å². The lowest BCUT2D eigenvalue weighted by Gasteiger charge is -2.29. The van der Waals surface area contributed by atoms with E-state index in [1.54, 1.807) is 0 Å². The van der Waals surface area contributed by atoms with Gasteiger partial charge in [-0.3, -0.25) is 4.79 Å². The lowest BCUT2D eigenvalue weighted by atomic mass is 9.99. The van der Waals surface area contributed by atoms with Crippen LogP contribution in [0.1, 0.15) is 36.5 Å². The minimum atomic E-state index is -0.699. The molecule has 0 amide bonds. The van der Waals surface area contributed by atoms with Gasteiger partial charge in [-0.2, -0.15) is 0 Å². The van der Waals surface area contributed by atoms with Gasteiger partial charge in [-0.15, -0.1) is 0 Å². The van der Waals surface area contributed by atoms with E-state index in [0.29, 0.717) is 13.0 Å². The predicted molar refractivity (Wildman–Crippen MR) is 70.1 cm³/mol. The van der Waals surface area contributed by atoms with Crippen LogP contribution in [0, 0.1) is 17.6 Å². The number of hydrogen-bond acceptors (Lipinski definition) is 2. The summed E-state index contributed by atoms with van der Waals surface area (Å²) in [6.07, 6.45) is 2.63. The van der Waals surface area contributed by atoms with Crippen LogP contribution < -0.4 is 0 Å². The van der Waals surface area contributed by atoms with E-state index >= 15 is 0 Å². The smallest absolute Gasteiger partial charge is 0.164 e. The van der Waals surface area contributed by atoms with E-state index in [4.69, 9.17) is 0 Å². The lowest BCUT2D eigenvalue weighted by molar-refractivity contribution is 0.0952. The molecule has 0 atom stereocenters. The van der Waals surface area contributed by atoms with Crippen LogP contribution in [-0.4, -0.2) is 30.3 Å². The van der Waals surface area contributed by atoms with Gasteiger partial charge in [0.05, 0.1) is 0 Å². The number of ketones is 1. The Balaban J connectivity index is 1.87. The van der Waals surface area contributed by atoms with Crippen LogP contribution in [0.2, 0.25) is 0 Å². The van der Waals surface area contributed by atoms with Gasteiger partial charge in [-0.25, -0.2) is 8.78 Å². The quantitative estimate of drug-likeness (QED) is 0.780. The van der Waals surface area contributed by atoms with Crippen molar-refractivity contribution in [1.82, 2.24) is 4.90 Å². The second-order valence-corrected chi connectivity index (χ2v) is 5.36. The van der Waals surface area contributed by atoms with Gasteiger partial charge in [0.2, 0.25) is 0 Å². The molecular formula is C15H19F2NO. The molecule has 0 unspecified atom stereocenters. The number of rotatable bonds is 4. The van der Waals surface area contributed by atoms with Crippen molar-refractivity contribution in [3.05, 3.63) is 35.4 Å². The summed E-state index contributed by atoms with van der Waals surface area (Å²) < 4.78 is 26.0. The van der Waals surface area contributed by atoms with Crippen molar-refractivity contribution in [2.45, 2.75) is 26.2 Å². The van der Waals surface area contributed by atoms with Gasteiger partial charge in [0.1, 0.15) is 11.6 Å². The summed E-state index contributed by atoms with van der Waals surface area (Å²) in [5.41, 5.74) is 0.128. The fourth-order valence-corrected chi connectivity index (χ4v) is 2.40. The van der Waals surface area contributed by atoms with Crippen molar-refractivity contribution < 1.29 is 13.6 Å². The van der Waals surface area contributed by atoms with Crippen LogP contribution in [0.5, 0.6) is 0 Å². The third-order valence-corrected chi connectivity index (χ3v) is 3.72. The number of halogens is 2. The molecule has 0 saturated carbocycles. The zero-order valence-corrected chi connectivity index (χ0v) is 11.2. The Morgan fingerprint density at radius 3 is 2.37 bits per heavy atom. The van der Waals surface area contributed by atoms with Crippen molar-refractivity contribution in [1.29, 1.82) is 0 Å². The molecule has 1 fully saturated rings. The molecule has 2 nitrogen and oxygen atoms in total. The van der Waals surface area contributed by atoms with Crippen LogP contribution >= 0.6 is 0 Å². The third-order valence-electron chi connectivity index (χ3n) is 3.72. The van der Waals surface area contributed by atoms with Crippen LogP contribution in [0.3, 0.4) is 0 Å². The molecule has 1 aromatic carbocycles. The summed E-state index contributed by atoms with van der Waals surface area (Å²) >= 11 is 0. The van der Waals surface area contributed by atoms with Crippen molar-refractivity contribution >= 4 is 5.78 Å². The summed E-state index contributed by atoms with van der Waals surface area (Å²) in [6.45, 7) is 4.92. The van der Waals surface area contributed by atoms with Crippen molar-refractivity contribution in [2.75, 3.05) is 19.6 Å². The highest BCUT2D eigenvalue weighted by Crippen LogP contribution is 2.17. The monoisotopic (exact) mass is 267 g/mol. The number of carbonyl (C=O) groups excluding carboxylic acids is 1. The molecule has 1 aliphatic heterocycles. The second kappa shape index (κ2) is 6.24. The highest BCUT2D eigenvalue weighted by Gasteiger charge is 2.17. The zero-order chi connectivity index (χ0) is 13.8. The second-order valence-electron chi connectivity index (χ2n) is 5.36. The number of Topliss-reactive ketones (excluding diaryl/α,β-unsaturated/α-hetero) is 1. The van der Waals surface area contributed by atoms with Gasteiger partial charge in [0.25, 0.3) is 0 Å². The van der Waals surface area contributed by atoms with Gasteiger partial charge in [-0.05, 0) is 44.0 Å².